The molecule has 0 aromatic carbocycles. The van der Waals surface area contributed by atoms with Gasteiger partial charge in [-0.05, 0) is 0 Å². The standard InChI is InChI=1S/2C4H6O2.O.Ti/c2*1-2-3-4(5)6;;/h2*2H,1,3H2,(H,5,6);;/q;;-2;+4/p-2. The summed E-state index contributed by atoms with van der Waals surface area (Å²) in [6, 6.07) is 0. The van der Waals surface area contributed by atoms with Crippen LogP contribution in [0.4, 0.5) is 0 Å². The Hall–Kier alpha value is -0.906. The number of rotatable bonds is 4. The van der Waals surface area contributed by atoms with Crippen molar-refractivity contribution in [2.75, 3.05) is 0 Å². The van der Waals surface area contributed by atoms with Crippen molar-refractivity contribution in [2.45, 2.75) is 12.8 Å². The quantitative estimate of drug-likeness (QED) is 0.435. The van der Waals surface area contributed by atoms with Gasteiger partial charge in [-0.3, -0.25) is 0 Å². The molecule has 0 aromatic rings. The molecule has 0 aliphatic carbocycles. The summed E-state index contributed by atoms with van der Waals surface area (Å²) in [7, 11) is 0. The number of aliphatic carboxylic acids is 2. The summed E-state index contributed by atoms with van der Waals surface area (Å²) in [5, 5.41) is 18.8. The number of hydrogen-bond donors (Lipinski definition) is 0. The molecule has 0 bridgehead atoms. The van der Waals surface area contributed by atoms with Gasteiger partial charge in [0.1, 0.15) is 0 Å². The Kier molecular flexibility index (Phi) is 29.8. The van der Waals surface area contributed by atoms with E-state index < -0.39 is 11.9 Å². The van der Waals surface area contributed by atoms with Crippen LogP contribution in [-0.4, -0.2) is 11.9 Å². The molecular weight excluding hydrogens is 224 g/mol. The third-order valence-corrected chi connectivity index (χ3v) is 0.622. The maximum atomic E-state index is 9.42. The second kappa shape index (κ2) is 18.0. The van der Waals surface area contributed by atoms with Crippen LogP contribution >= 0.6 is 0 Å². The zero-order chi connectivity index (χ0) is 9.98. The van der Waals surface area contributed by atoms with Crippen molar-refractivity contribution in [2.24, 2.45) is 0 Å². The molecular formula is C8H10O5Ti. The fourth-order valence-corrected chi connectivity index (χ4v) is 0.236. The largest absolute Gasteiger partial charge is 4.00 e. The van der Waals surface area contributed by atoms with E-state index in [4.69, 9.17) is 0 Å². The second-order valence-electron chi connectivity index (χ2n) is 1.73. The fraction of sp³-hybridized carbons (Fsp3) is 0.250. The molecule has 5 nitrogen and oxygen atoms in total. The van der Waals surface area contributed by atoms with Gasteiger partial charge in [0.25, 0.3) is 0 Å². The molecule has 0 fully saturated rings. The first kappa shape index (κ1) is 23.2. The second-order valence-corrected chi connectivity index (χ2v) is 1.73. The molecule has 0 unspecified atom stereocenters. The van der Waals surface area contributed by atoms with Gasteiger partial charge < -0.3 is 25.3 Å². The SMILES string of the molecule is C=CCC(=O)[O-].C=CCC(=O)[O-].[O-2].[Ti+4]. The Balaban J connectivity index is -0.0000000625. The minimum absolute atomic E-state index is 0. The first-order chi connectivity index (χ1) is 5.54. The molecule has 0 N–H and O–H groups in total. The minimum atomic E-state index is -1.08. The van der Waals surface area contributed by atoms with E-state index in [1.54, 1.807) is 0 Å². The Morgan fingerprint density at radius 2 is 1.21 bits per heavy atom. The predicted molar refractivity (Wildman–Crippen MR) is 40.3 cm³/mol. The van der Waals surface area contributed by atoms with Crippen LogP contribution < -0.4 is 10.2 Å². The molecule has 0 aliphatic rings. The number of carbonyl (C=O) groups is 2. The van der Waals surface area contributed by atoms with E-state index in [9.17, 15) is 19.8 Å². The molecule has 0 saturated carbocycles. The van der Waals surface area contributed by atoms with Crippen LogP contribution in [0.5, 0.6) is 0 Å². The fourth-order valence-electron chi connectivity index (χ4n) is 0.236. The molecule has 0 heterocycles. The van der Waals surface area contributed by atoms with E-state index in [1.165, 1.54) is 12.2 Å². The van der Waals surface area contributed by atoms with Crippen molar-refractivity contribution < 1.29 is 47.0 Å². The third kappa shape index (κ3) is 43.6. The Morgan fingerprint density at radius 3 is 1.21 bits per heavy atom. The van der Waals surface area contributed by atoms with E-state index >= 15 is 0 Å². The van der Waals surface area contributed by atoms with Gasteiger partial charge in [-0.25, -0.2) is 0 Å². The van der Waals surface area contributed by atoms with Gasteiger partial charge in [-0.15, -0.1) is 13.2 Å². The summed E-state index contributed by atoms with van der Waals surface area (Å²) >= 11 is 0. The summed E-state index contributed by atoms with van der Waals surface area (Å²) in [4.78, 5) is 18.8. The van der Waals surface area contributed by atoms with Gasteiger partial charge in [0.15, 0.2) is 0 Å². The minimum Gasteiger partial charge on any atom is -2.00 e. The summed E-state index contributed by atoms with van der Waals surface area (Å²) < 4.78 is 0. The molecule has 6 heteroatoms. The van der Waals surface area contributed by atoms with Gasteiger partial charge in [0.2, 0.25) is 0 Å². The normalized spacial score (nSPS) is 6.29. The summed E-state index contributed by atoms with van der Waals surface area (Å²) in [5.41, 5.74) is 0. The van der Waals surface area contributed by atoms with Crippen LogP contribution in [0.25, 0.3) is 0 Å². The Morgan fingerprint density at radius 1 is 1.00 bits per heavy atom. The molecule has 0 rings (SSSR count). The molecule has 14 heavy (non-hydrogen) atoms. The number of carboxylic acid groups (broad SMARTS) is 2. The van der Waals surface area contributed by atoms with Gasteiger partial charge in [-0.2, -0.15) is 0 Å². The van der Waals surface area contributed by atoms with Crippen molar-refractivity contribution in [3.8, 4) is 0 Å². The number of carboxylic acids is 2. The van der Waals surface area contributed by atoms with Crippen molar-refractivity contribution in [3.63, 3.8) is 0 Å². The summed E-state index contributed by atoms with van der Waals surface area (Å²) in [6.45, 7) is 6.36. The van der Waals surface area contributed by atoms with Crippen molar-refractivity contribution >= 4 is 11.9 Å². The Labute approximate surface area is 97.3 Å². The third-order valence-electron chi connectivity index (χ3n) is 0.622. The molecule has 0 aromatic heterocycles. The molecule has 0 amide bonds. The molecule has 0 radical (unpaired) electrons. The van der Waals surface area contributed by atoms with Crippen molar-refractivity contribution in [3.05, 3.63) is 25.3 Å². The van der Waals surface area contributed by atoms with E-state index in [1.807, 2.05) is 0 Å². The summed E-state index contributed by atoms with van der Waals surface area (Å²) in [5.74, 6) is -2.16. The maximum absolute atomic E-state index is 9.42. The summed E-state index contributed by atoms with van der Waals surface area (Å²) in [6.07, 6.45) is 2.46. The first-order valence-electron chi connectivity index (χ1n) is 3.16. The van der Waals surface area contributed by atoms with Gasteiger partial charge in [-0.1, -0.05) is 12.2 Å². The topological polar surface area (TPSA) is 109 Å². The van der Waals surface area contributed by atoms with Gasteiger partial charge >= 0.3 is 21.7 Å². The van der Waals surface area contributed by atoms with E-state index in [0.29, 0.717) is 0 Å². The van der Waals surface area contributed by atoms with Crippen molar-refractivity contribution in [1.29, 1.82) is 0 Å². The van der Waals surface area contributed by atoms with E-state index in [-0.39, 0.29) is 40.0 Å². The molecule has 0 atom stereocenters. The van der Waals surface area contributed by atoms with Crippen LogP contribution in [-0.2, 0) is 36.8 Å². The average Bonchev–Trinajstić information content (AvgIpc) is 1.87. The van der Waals surface area contributed by atoms with Crippen molar-refractivity contribution in [1.82, 2.24) is 0 Å². The average molecular weight is 234 g/mol. The zero-order valence-electron chi connectivity index (χ0n) is 7.52. The smallest absolute Gasteiger partial charge is 2.00 e. The molecule has 0 spiro atoms. The van der Waals surface area contributed by atoms with Crippen LogP contribution in [0.15, 0.2) is 25.3 Å². The van der Waals surface area contributed by atoms with Gasteiger partial charge in [0, 0.05) is 24.8 Å². The van der Waals surface area contributed by atoms with Crippen LogP contribution in [0.1, 0.15) is 12.8 Å². The maximum Gasteiger partial charge on any atom is 4.00 e. The van der Waals surface area contributed by atoms with E-state index in [2.05, 4.69) is 13.2 Å². The van der Waals surface area contributed by atoms with Crippen LogP contribution in [0.3, 0.4) is 0 Å². The number of carbonyl (C=O) groups excluding carboxylic acids is 2. The van der Waals surface area contributed by atoms with Crippen LogP contribution in [0.2, 0.25) is 0 Å². The number of hydrogen-bond acceptors (Lipinski definition) is 4. The zero-order valence-corrected chi connectivity index (χ0v) is 9.09. The molecule has 76 valence electrons. The monoisotopic (exact) mass is 234 g/mol. The predicted octanol–water partition coefficient (Wildman–Crippen LogP) is -1.50. The molecule has 0 saturated heterocycles. The molecule has 0 aliphatic heterocycles. The van der Waals surface area contributed by atoms with E-state index in [0.717, 1.165) is 0 Å². The van der Waals surface area contributed by atoms with Crippen LogP contribution in [0, 0.1) is 0 Å². The Bertz CT molecular complexity index is 159. The first-order valence-corrected chi connectivity index (χ1v) is 3.16. The van der Waals surface area contributed by atoms with Gasteiger partial charge in [0.05, 0.1) is 0 Å².